The van der Waals surface area contributed by atoms with Gasteiger partial charge in [-0.05, 0) is 37.0 Å². The predicted octanol–water partition coefficient (Wildman–Crippen LogP) is 2.99. The van der Waals surface area contributed by atoms with Gasteiger partial charge in [-0.1, -0.05) is 12.2 Å². The molecule has 1 aromatic rings. The first-order valence-electron chi connectivity index (χ1n) is 6.50. The number of hydrogen-bond acceptors (Lipinski definition) is 3. The number of esters is 1. The number of anilines is 1. The van der Waals surface area contributed by atoms with Crippen LogP contribution >= 0.6 is 0 Å². The number of rotatable bonds is 3. The summed E-state index contributed by atoms with van der Waals surface area (Å²) >= 11 is 0. The summed E-state index contributed by atoms with van der Waals surface area (Å²) in [7, 11) is 1.25. The lowest BCUT2D eigenvalue weighted by Gasteiger charge is -2.41. The molecule has 19 heavy (non-hydrogen) atoms. The first kappa shape index (κ1) is 12.2. The van der Waals surface area contributed by atoms with Crippen LogP contribution < -0.4 is 5.32 Å². The number of methoxy groups -OCH3 is 1. The third-order valence-corrected chi connectivity index (χ3v) is 4.09. The summed E-state index contributed by atoms with van der Waals surface area (Å²) in [5.74, 6) is 0.141. The molecule has 3 unspecified atom stereocenters. The molecule has 0 heterocycles. The van der Waals surface area contributed by atoms with E-state index in [1.54, 1.807) is 6.07 Å². The number of fused-ring (bicyclic) bond motifs is 1. The summed E-state index contributed by atoms with van der Waals surface area (Å²) in [5, 5.41) is 3.37. The van der Waals surface area contributed by atoms with Crippen LogP contribution in [0, 0.1) is 17.7 Å². The molecular formula is C15H16FNO2. The van der Waals surface area contributed by atoms with Crippen molar-refractivity contribution in [1.82, 2.24) is 0 Å². The Balaban J connectivity index is 1.75. The maximum Gasteiger partial charge on any atom is 0.340 e. The zero-order chi connectivity index (χ0) is 13.4. The second kappa shape index (κ2) is 4.68. The normalized spacial score (nSPS) is 27.6. The summed E-state index contributed by atoms with van der Waals surface area (Å²) in [5.41, 5.74) is 0.746. The zero-order valence-electron chi connectivity index (χ0n) is 10.7. The minimum Gasteiger partial charge on any atom is -0.465 e. The van der Waals surface area contributed by atoms with Crippen LogP contribution in [0.1, 0.15) is 23.2 Å². The highest BCUT2D eigenvalue weighted by atomic mass is 19.1. The second-order valence-electron chi connectivity index (χ2n) is 5.17. The number of benzene rings is 1. The molecule has 1 aromatic carbocycles. The first-order chi connectivity index (χ1) is 9.19. The largest absolute Gasteiger partial charge is 0.465 e. The van der Waals surface area contributed by atoms with Crippen LogP contribution in [0.25, 0.3) is 0 Å². The Kier molecular flexibility index (Phi) is 3.01. The molecule has 2 aliphatic carbocycles. The molecule has 0 aromatic heterocycles. The van der Waals surface area contributed by atoms with E-state index in [1.165, 1.54) is 25.7 Å². The Labute approximate surface area is 111 Å². The SMILES string of the molecule is COC(=O)c1cc(NC2CC3CC=CC32)ccc1F. The molecule has 0 spiro atoms. The van der Waals surface area contributed by atoms with Crippen molar-refractivity contribution in [2.75, 3.05) is 12.4 Å². The van der Waals surface area contributed by atoms with Crippen LogP contribution in [-0.2, 0) is 4.74 Å². The van der Waals surface area contributed by atoms with E-state index in [1.807, 2.05) is 0 Å². The summed E-state index contributed by atoms with van der Waals surface area (Å²) in [6, 6.07) is 4.87. The van der Waals surface area contributed by atoms with Gasteiger partial charge < -0.3 is 10.1 Å². The maximum atomic E-state index is 13.5. The topological polar surface area (TPSA) is 38.3 Å². The van der Waals surface area contributed by atoms with Gasteiger partial charge in [0.05, 0.1) is 12.7 Å². The Morgan fingerprint density at radius 3 is 3.05 bits per heavy atom. The van der Waals surface area contributed by atoms with Crippen LogP contribution in [0.4, 0.5) is 10.1 Å². The van der Waals surface area contributed by atoms with Crippen molar-refractivity contribution in [3.05, 3.63) is 41.7 Å². The van der Waals surface area contributed by atoms with Crippen molar-refractivity contribution in [2.24, 2.45) is 11.8 Å². The van der Waals surface area contributed by atoms with E-state index in [2.05, 4.69) is 22.2 Å². The lowest BCUT2D eigenvalue weighted by atomic mass is 9.71. The summed E-state index contributed by atoms with van der Waals surface area (Å²) in [6.45, 7) is 0. The standard InChI is InChI=1S/C15H16FNO2/c1-19-15(18)12-8-10(5-6-13(12)16)17-14-7-9-3-2-4-11(9)14/h2,4-6,8-9,11,14,17H,3,7H2,1H3. The highest BCUT2D eigenvalue weighted by molar-refractivity contribution is 5.90. The van der Waals surface area contributed by atoms with Crippen molar-refractivity contribution in [1.29, 1.82) is 0 Å². The number of allylic oxidation sites excluding steroid dienone is 1. The fourth-order valence-electron chi connectivity index (χ4n) is 2.98. The summed E-state index contributed by atoms with van der Waals surface area (Å²) < 4.78 is 18.1. The number of carbonyl (C=O) groups excluding carboxylic acids is 1. The highest BCUT2D eigenvalue weighted by Crippen LogP contribution is 2.44. The minimum absolute atomic E-state index is 0.0228. The van der Waals surface area contributed by atoms with Gasteiger partial charge in [0.25, 0.3) is 0 Å². The summed E-state index contributed by atoms with van der Waals surface area (Å²) in [6.07, 6.45) is 6.76. The lowest BCUT2D eigenvalue weighted by Crippen LogP contribution is -2.43. The van der Waals surface area contributed by atoms with E-state index in [9.17, 15) is 9.18 Å². The average Bonchev–Trinajstić information content (AvgIpc) is 2.78. The average molecular weight is 261 g/mol. The Morgan fingerprint density at radius 2 is 2.32 bits per heavy atom. The van der Waals surface area contributed by atoms with Gasteiger partial charge >= 0.3 is 5.97 Å². The van der Waals surface area contributed by atoms with Gasteiger partial charge in [0.1, 0.15) is 5.82 Å². The fraction of sp³-hybridized carbons (Fsp3) is 0.400. The van der Waals surface area contributed by atoms with E-state index in [-0.39, 0.29) is 5.56 Å². The minimum atomic E-state index is -0.645. The molecule has 0 bridgehead atoms. The fourth-order valence-corrected chi connectivity index (χ4v) is 2.98. The monoisotopic (exact) mass is 261 g/mol. The van der Waals surface area contributed by atoms with E-state index >= 15 is 0 Å². The molecule has 3 atom stereocenters. The molecule has 3 nitrogen and oxygen atoms in total. The van der Waals surface area contributed by atoms with Crippen LogP contribution in [0.3, 0.4) is 0 Å². The molecule has 1 N–H and O–H groups in total. The van der Waals surface area contributed by atoms with Gasteiger partial charge in [-0.15, -0.1) is 0 Å². The predicted molar refractivity (Wildman–Crippen MR) is 70.5 cm³/mol. The lowest BCUT2D eigenvalue weighted by molar-refractivity contribution is 0.0595. The van der Waals surface area contributed by atoms with Crippen LogP contribution in [0.2, 0.25) is 0 Å². The number of ether oxygens (including phenoxy) is 1. The van der Waals surface area contributed by atoms with Gasteiger partial charge in [0, 0.05) is 17.6 Å². The van der Waals surface area contributed by atoms with Gasteiger partial charge in [0.2, 0.25) is 0 Å². The summed E-state index contributed by atoms with van der Waals surface area (Å²) in [4.78, 5) is 11.4. The molecular weight excluding hydrogens is 245 g/mol. The van der Waals surface area contributed by atoms with Crippen molar-refractivity contribution < 1.29 is 13.9 Å². The van der Waals surface area contributed by atoms with Crippen LogP contribution in [0.5, 0.6) is 0 Å². The first-order valence-corrected chi connectivity index (χ1v) is 6.50. The van der Waals surface area contributed by atoms with Crippen LogP contribution in [-0.4, -0.2) is 19.1 Å². The molecule has 0 aliphatic heterocycles. The van der Waals surface area contributed by atoms with Gasteiger partial charge in [0.15, 0.2) is 0 Å². The number of halogens is 1. The van der Waals surface area contributed by atoms with E-state index in [0.717, 1.165) is 18.0 Å². The number of carbonyl (C=O) groups is 1. The molecule has 0 radical (unpaired) electrons. The van der Waals surface area contributed by atoms with Crippen LogP contribution in [0.15, 0.2) is 30.4 Å². The quantitative estimate of drug-likeness (QED) is 0.671. The molecule has 100 valence electrons. The zero-order valence-corrected chi connectivity index (χ0v) is 10.7. The Morgan fingerprint density at radius 1 is 1.47 bits per heavy atom. The number of hydrogen-bond donors (Lipinski definition) is 1. The van der Waals surface area contributed by atoms with Gasteiger partial charge in [-0.2, -0.15) is 0 Å². The molecule has 0 saturated heterocycles. The second-order valence-corrected chi connectivity index (χ2v) is 5.17. The molecule has 4 heteroatoms. The molecule has 1 fully saturated rings. The smallest absolute Gasteiger partial charge is 0.340 e. The third kappa shape index (κ3) is 2.11. The van der Waals surface area contributed by atoms with Crippen molar-refractivity contribution >= 4 is 11.7 Å². The highest BCUT2D eigenvalue weighted by Gasteiger charge is 2.40. The number of nitrogens with one attached hydrogen (secondary N) is 1. The van der Waals surface area contributed by atoms with E-state index in [4.69, 9.17) is 0 Å². The van der Waals surface area contributed by atoms with E-state index < -0.39 is 11.8 Å². The molecule has 2 aliphatic rings. The van der Waals surface area contributed by atoms with E-state index in [0.29, 0.717) is 12.0 Å². The van der Waals surface area contributed by atoms with Crippen molar-refractivity contribution in [3.8, 4) is 0 Å². The van der Waals surface area contributed by atoms with Crippen molar-refractivity contribution in [3.63, 3.8) is 0 Å². The third-order valence-electron chi connectivity index (χ3n) is 4.09. The van der Waals surface area contributed by atoms with Gasteiger partial charge in [-0.25, -0.2) is 9.18 Å². The molecule has 3 rings (SSSR count). The Bertz CT molecular complexity index is 541. The molecule has 0 amide bonds. The maximum absolute atomic E-state index is 13.5. The van der Waals surface area contributed by atoms with Crippen molar-refractivity contribution in [2.45, 2.75) is 18.9 Å². The van der Waals surface area contributed by atoms with Gasteiger partial charge in [-0.3, -0.25) is 0 Å². The molecule has 1 saturated carbocycles. The Hall–Kier alpha value is -1.84.